The number of carbonyl (C=O) groups is 1. The van der Waals surface area contributed by atoms with E-state index in [1.807, 2.05) is 27.7 Å². The molecule has 7 heteroatoms. The Morgan fingerprint density at radius 3 is 2.82 bits per heavy atom. The van der Waals surface area contributed by atoms with Crippen molar-refractivity contribution >= 4 is 23.6 Å². The molecule has 0 bridgehead atoms. The van der Waals surface area contributed by atoms with Crippen molar-refractivity contribution in [3.05, 3.63) is 16.9 Å². The summed E-state index contributed by atoms with van der Waals surface area (Å²) in [5.74, 6) is 0.501. The van der Waals surface area contributed by atoms with Crippen molar-refractivity contribution in [2.75, 3.05) is 18.4 Å². The van der Waals surface area contributed by atoms with Gasteiger partial charge in [-0.15, -0.1) is 0 Å². The second-order valence-electron chi connectivity index (χ2n) is 6.57. The molecule has 1 amide bonds. The largest absolute Gasteiger partial charge is 0.444 e. The molecule has 0 unspecified atom stereocenters. The van der Waals surface area contributed by atoms with Crippen LogP contribution in [0.4, 0.5) is 10.7 Å². The van der Waals surface area contributed by atoms with E-state index in [-0.39, 0.29) is 12.1 Å². The minimum Gasteiger partial charge on any atom is -0.444 e. The Bertz CT molecular complexity index is 525. The van der Waals surface area contributed by atoms with Gasteiger partial charge in [-0.25, -0.2) is 14.8 Å². The molecule has 1 N–H and O–H groups in total. The van der Waals surface area contributed by atoms with Crippen LogP contribution in [0.3, 0.4) is 0 Å². The predicted molar refractivity (Wildman–Crippen MR) is 86.2 cm³/mol. The molecule has 0 radical (unpaired) electrons. The van der Waals surface area contributed by atoms with Crippen molar-refractivity contribution in [1.29, 1.82) is 0 Å². The van der Waals surface area contributed by atoms with Crippen molar-refractivity contribution in [3.63, 3.8) is 0 Å². The Morgan fingerprint density at radius 2 is 2.18 bits per heavy atom. The van der Waals surface area contributed by atoms with Crippen LogP contribution in [0.15, 0.2) is 6.07 Å². The Balaban J connectivity index is 1.97. The molecule has 1 aromatic rings. The molecule has 122 valence electrons. The number of anilines is 1. The minimum atomic E-state index is -0.482. The highest BCUT2D eigenvalue weighted by Gasteiger charge is 2.27. The van der Waals surface area contributed by atoms with Crippen molar-refractivity contribution < 1.29 is 9.53 Å². The maximum atomic E-state index is 12.1. The third kappa shape index (κ3) is 5.02. The SMILES string of the molecule is Cc1cc(Cl)nc(N[C@H]2CCCN(C(=O)OC(C)(C)C)C2)n1. The molecule has 1 aromatic heterocycles. The van der Waals surface area contributed by atoms with E-state index < -0.39 is 5.60 Å². The van der Waals surface area contributed by atoms with E-state index in [9.17, 15) is 4.79 Å². The maximum absolute atomic E-state index is 12.1. The summed E-state index contributed by atoms with van der Waals surface area (Å²) in [6.07, 6.45) is 1.59. The molecule has 1 atom stereocenters. The maximum Gasteiger partial charge on any atom is 0.410 e. The van der Waals surface area contributed by atoms with E-state index in [2.05, 4.69) is 15.3 Å². The van der Waals surface area contributed by atoms with Crippen LogP contribution >= 0.6 is 11.6 Å². The van der Waals surface area contributed by atoms with Crippen LogP contribution in [0.1, 0.15) is 39.3 Å². The first-order valence-electron chi connectivity index (χ1n) is 7.48. The van der Waals surface area contributed by atoms with Gasteiger partial charge in [0.25, 0.3) is 0 Å². The average molecular weight is 327 g/mol. The lowest BCUT2D eigenvalue weighted by atomic mass is 10.1. The van der Waals surface area contributed by atoms with Crippen LogP contribution in [0.25, 0.3) is 0 Å². The standard InChI is InChI=1S/C15H23ClN4O2/c1-10-8-12(16)19-13(17-10)18-11-6-5-7-20(9-11)14(21)22-15(2,3)4/h8,11H,5-7,9H2,1-4H3,(H,17,18,19)/t11-/m0/s1. The summed E-state index contributed by atoms with van der Waals surface area (Å²) >= 11 is 5.94. The Labute approximate surface area is 136 Å². The zero-order valence-electron chi connectivity index (χ0n) is 13.5. The number of aromatic nitrogens is 2. The number of hydrogen-bond donors (Lipinski definition) is 1. The monoisotopic (exact) mass is 326 g/mol. The molecule has 2 heterocycles. The molecular formula is C15H23ClN4O2. The van der Waals surface area contributed by atoms with Crippen LogP contribution < -0.4 is 5.32 Å². The number of halogens is 1. The molecule has 0 spiro atoms. The van der Waals surface area contributed by atoms with Crippen molar-refractivity contribution in [2.45, 2.75) is 52.2 Å². The van der Waals surface area contributed by atoms with E-state index in [1.165, 1.54) is 0 Å². The zero-order chi connectivity index (χ0) is 16.3. The van der Waals surface area contributed by atoms with Crippen LogP contribution in [-0.2, 0) is 4.74 Å². The summed E-state index contributed by atoms with van der Waals surface area (Å²) in [7, 11) is 0. The van der Waals surface area contributed by atoms with Crippen molar-refractivity contribution in [2.24, 2.45) is 0 Å². The van der Waals surface area contributed by atoms with Crippen molar-refractivity contribution in [3.8, 4) is 0 Å². The predicted octanol–water partition coefficient (Wildman–Crippen LogP) is 3.25. The highest BCUT2D eigenvalue weighted by Crippen LogP contribution is 2.18. The van der Waals surface area contributed by atoms with Crippen LogP contribution in [0, 0.1) is 6.92 Å². The van der Waals surface area contributed by atoms with Gasteiger partial charge in [0, 0.05) is 24.8 Å². The average Bonchev–Trinajstić information content (AvgIpc) is 2.35. The second kappa shape index (κ2) is 6.69. The fourth-order valence-electron chi connectivity index (χ4n) is 2.36. The van der Waals surface area contributed by atoms with Gasteiger partial charge in [-0.1, -0.05) is 11.6 Å². The summed E-state index contributed by atoms with van der Waals surface area (Å²) in [6.45, 7) is 8.76. The molecule has 1 saturated heterocycles. The molecule has 0 aromatic carbocycles. The van der Waals surface area contributed by atoms with Gasteiger partial charge in [0.1, 0.15) is 10.8 Å². The van der Waals surface area contributed by atoms with Crippen LogP contribution in [0.5, 0.6) is 0 Å². The number of aryl methyl sites for hydroxylation is 1. The molecule has 1 fully saturated rings. The smallest absolute Gasteiger partial charge is 0.410 e. The first-order valence-corrected chi connectivity index (χ1v) is 7.86. The number of nitrogens with zero attached hydrogens (tertiary/aromatic N) is 3. The first-order chi connectivity index (χ1) is 10.2. The second-order valence-corrected chi connectivity index (χ2v) is 6.95. The van der Waals surface area contributed by atoms with E-state index >= 15 is 0 Å². The fourth-order valence-corrected chi connectivity index (χ4v) is 2.60. The number of piperidine rings is 1. The van der Waals surface area contributed by atoms with Crippen LogP contribution in [-0.4, -0.2) is 45.7 Å². The van der Waals surface area contributed by atoms with Gasteiger partial charge < -0.3 is 15.0 Å². The van der Waals surface area contributed by atoms with Gasteiger partial charge in [-0.05, 0) is 46.6 Å². The molecule has 6 nitrogen and oxygen atoms in total. The van der Waals surface area contributed by atoms with E-state index in [0.29, 0.717) is 24.2 Å². The van der Waals surface area contributed by atoms with Crippen molar-refractivity contribution in [1.82, 2.24) is 14.9 Å². The number of nitrogens with one attached hydrogen (secondary N) is 1. The lowest BCUT2D eigenvalue weighted by Crippen LogP contribution is -2.47. The van der Waals surface area contributed by atoms with Gasteiger partial charge in [-0.3, -0.25) is 0 Å². The number of carbonyl (C=O) groups excluding carboxylic acids is 1. The normalized spacial score (nSPS) is 19.0. The molecule has 0 aliphatic carbocycles. The van der Waals surface area contributed by atoms with E-state index in [4.69, 9.17) is 16.3 Å². The summed E-state index contributed by atoms with van der Waals surface area (Å²) in [4.78, 5) is 22.4. The highest BCUT2D eigenvalue weighted by atomic mass is 35.5. The molecule has 1 aliphatic rings. The summed E-state index contributed by atoms with van der Waals surface area (Å²) in [5.41, 5.74) is 0.326. The quantitative estimate of drug-likeness (QED) is 0.845. The number of ether oxygens (including phenoxy) is 1. The third-order valence-corrected chi connectivity index (χ3v) is 3.42. The van der Waals surface area contributed by atoms with Gasteiger partial charge in [0.15, 0.2) is 0 Å². The Hall–Kier alpha value is -1.56. The highest BCUT2D eigenvalue weighted by molar-refractivity contribution is 6.29. The zero-order valence-corrected chi connectivity index (χ0v) is 14.3. The molecule has 0 saturated carbocycles. The Morgan fingerprint density at radius 1 is 1.45 bits per heavy atom. The fraction of sp³-hybridized carbons (Fsp3) is 0.667. The topological polar surface area (TPSA) is 67.4 Å². The van der Waals surface area contributed by atoms with Gasteiger partial charge >= 0.3 is 6.09 Å². The van der Waals surface area contributed by atoms with E-state index in [1.54, 1.807) is 11.0 Å². The number of rotatable bonds is 2. The van der Waals surface area contributed by atoms with Gasteiger partial charge in [0.05, 0.1) is 0 Å². The Kier molecular flexibility index (Phi) is 5.11. The molecular weight excluding hydrogens is 304 g/mol. The molecule has 1 aliphatic heterocycles. The number of likely N-dealkylation sites (tertiary alicyclic amines) is 1. The lowest BCUT2D eigenvalue weighted by Gasteiger charge is -2.34. The van der Waals surface area contributed by atoms with E-state index in [0.717, 1.165) is 18.5 Å². The molecule has 2 rings (SSSR count). The summed E-state index contributed by atoms with van der Waals surface area (Å²) in [6, 6.07) is 1.81. The minimum absolute atomic E-state index is 0.0964. The number of hydrogen-bond acceptors (Lipinski definition) is 5. The van der Waals surface area contributed by atoms with Crippen LogP contribution in [0.2, 0.25) is 5.15 Å². The van der Waals surface area contributed by atoms with Gasteiger partial charge in [-0.2, -0.15) is 0 Å². The molecule has 22 heavy (non-hydrogen) atoms. The third-order valence-electron chi connectivity index (χ3n) is 3.23. The van der Waals surface area contributed by atoms with Gasteiger partial charge in [0.2, 0.25) is 5.95 Å². The summed E-state index contributed by atoms with van der Waals surface area (Å²) < 4.78 is 5.42. The summed E-state index contributed by atoms with van der Waals surface area (Å²) in [5, 5.41) is 3.67. The first kappa shape index (κ1) is 16.8. The number of amides is 1. The lowest BCUT2D eigenvalue weighted by molar-refractivity contribution is 0.0206.